The van der Waals surface area contributed by atoms with Crippen LogP contribution in [0.2, 0.25) is 0 Å². The van der Waals surface area contributed by atoms with Gasteiger partial charge in [0.25, 0.3) is 0 Å². The quantitative estimate of drug-likeness (QED) is 0.707. The van der Waals surface area contributed by atoms with Crippen molar-refractivity contribution in [1.82, 2.24) is 10.2 Å². The molecule has 2 unspecified atom stereocenters. The third-order valence-electron chi connectivity index (χ3n) is 3.74. The second-order valence-electron chi connectivity index (χ2n) is 5.55. The molecule has 1 aliphatic heterocycles. The number of thioether (sulfide) groups is 1. The predicted octanol–water partition coefficient (Wildman–Crippen LogP) is 2.84. The molecule has 1 heterocycles. The van der Waals surface area contributed by atoms with Crippen molar-refractivity contribution in [2.45, 2.75) is 52.1 Å². The number of hydrogen-bond donors (Lipinski definition) is 1. The van der Waals surface area contributed by atoms with Crippen LogP contribution in [0, 0.1) is 5.92 Å². The standard InChI is InChI=1S/C14H30N2S/c1-5-7-13-11-16(8-6-9-17-4)14(10-15-13)12(2)3/h12-15H,5-11H2,1-4H3. The van der Waals surface area contributed by atoms with Crippen LogP contribution in [0.1, 0.15) is 40.0 Å². The summed E-state index contributed by atoms with van der Waals surface area (Å²) in [4.78, 5) is 2.73. The van der Waals surface area contributed by atoms with E-state index in [0.717, 1.165) is 18.0 Å². The largest absolute Gasteiger partial charge is 0.311 e. The lowest BCUT2D eigenvalue weighted by Gasteiger charge is -2.42. The first-order valence-corrected chi connectivity index (χ1v) is 8.54. The zero-order valence-corrected chi connectivity index (χ0v) is 12.9. The molecule has 1 N–H and O–H groups in total. The van der Waals surface area contributed by atoms with Crippen LogP contribution in [0.5, 0.6) is 0 Å². The molecule has 0 aromatic rings. The van der Waals surface area contributed by atoms with Gasteiger partial charge in [-0.2, -0.15) is 11.8 Å². The van der Waals surface area contributed by atoms with Crippen LogP contribution in [0.25, 0.3) is 0 Å². The van der Waals surface area contributed by atoms with Crippen molar-refractivity contribution in [3.8, 4) is 0 Å². The van der Waals surface area contributed by atoms with Gasteiger partial charge in [0, 0.05) is 25.2 Å². The average molecular weight is 258 g/mol. The van der Waals surface area contributed by atoms with Crippen molar-refractivity contribution in [2.24, 2.45) is 5.92 Å². The molecular formula is C14H30N2S. The van der Waals surface area contributed by atoms with Crippen LogP contribution in [-0.4, -0.2) is 48.6 Å². The van der Waals surface area contributed by atoms with Crippen LogP contribution in [0.4, 0.5) is 0 Å². The normalized spacial score (nSPS) is 26.6. The summed E-state index contributed by atoms with van der Waals surface area (Å²) in [6.07, 6.45) is 6.16. The van der Waals surface area contributed by atoms with Gasteiger partial charge in [0.2, 0.25) is 0 Å². The number of rotatable bonds is 7. The Hall–Kier alpha value is 0.270. The number of nitrogens with zero attached hydrogens (tertiary/aromatic N) is 1. The Bertz CT molecular complexity index is 197. The average Bonchev–Trinajstić information content (AvgIpc) is 2.30. The zero-order chi connectivity index (χ0) is 12.7. The van der Waals surface area contributed by atoms with E-state index in [0.29, 0.717) is 0 Å². The highest BCUT2D eigenvalue weighted by atomic mass is 32.2. The maximum atomic E-state index is 3.72. The highest BCUT2D eigenvalue weighted by molar-refractivity contribution is 7.98. The maximum absolute atomic E-state index is 3.72. The third kappa shape index (κ3) is 5.19. The molecule has 17 heavy (non-hydrogen) atoms. The Morgan fingerprint density at radius 2 is 2.18 bits per heavy atom. The van der Waals surface area contributed by atoms with E-state index in [1.165, 1.54) is 44.6 Å². The van der Waals surface area contributed by atoms with E-state index in [1.807, 2.05) is 11.8 Å². The third-order valence-corrected chi connectivity index (χ3v) is 4.44. The van der Waals surface area contributed by atoms with E-state index in [1.54, 1.807) is 0 Å². The van der Waals surface area contributed by atoms with Crippen molar-refractivity contribution in [1.29, 1.82) is 0 Å². The molecule has 3 heteroatoms. The monoisotopic (exact) mass is 258 g/mol. The van der Waals surface area contributed by atoms with E-state index in [9.17, 15) is 0 Å². The molecule has 0 saturated carbocycles. The number of piperazine rings is 1. The van der Waals surface area contributed by atoms with Crippen molar-refractivity contribution >= 4 is 11.8 Å². The summed E-state index contributed by atoms with van der Waals surface area (Å²) in [5, 5.41) is 3.72. The molecule has 1 saturated heterocycles. The summed E-state index contributed by atoms with van der Waals surface area (Å²) in [6.45, 7) is 10.7. The molecule has 102 valence electrons. The summed E-state index contributed by atoms with van der Waals surface area (Å²) < 4.78 is 0. The van der Waals surface area contributed by atoms with E-state index < -0.39 is 0 Å². The molecule has 0 bridgehead atoms. The highest BCUT2D eigenvalue weighted by Gasteiger charge is 2.28. The molecule has 0 amide bonds. The van der Waals surface area contributed by atoms with Gasteiger partial charge in [-0.15, -0.1) is 0 Å². The van der Waals surface area contributed by atoms with Crippen molar-refractivity contribution in [2.75, 3.05) is 31.6 Å². The first-order chi connectivity index (χ1) is 8.19. The van der Waals surface area contributed by atoms with Gasteiger partial charge in [-0.1, -0.05) is 27.2 Å². The number of nitrogens with one attached hydrogen (secondary N) is 1. The van der Waals surface area contributed by atoms with Gasteiger partial charge >= 0.3 is 0 Å². The van der Waals surface area contributed by atoms with Crippen LogP contribution >= 0.6 is 11.8 Å². The first-order valence-electron chi connectivity index (χ1n) is 7.15. The van der Waals surface area contributed by atoms with Crippen LogP contribution in [0.3, 0.4) is 0 Å². The molecule has 0 aromatic heterocycles. The second-order valence-corrected chi connectivity index (χ2v) is 6.53. The van der Waals surface area contributed by atoms with Gasteiger partial charge in [-0.25, -0.2) is 0 Å². The lowest BCUT2D eigenvalue weighted by molar-refractivity contribution is 0.0961. The van der Waals surface area contributed by atoms with Gasteiger partial charge < -0.3 is 5.32 Å². The van der Waals surface area contributed by atoms with Crippen LogP contribution < -0.4 is 5.32 Å². The predicted molar refractivity (Wildman–Crippen MR) is 79.9 cm³/mol. The zero-order valence-electron chi connectivity index (χ0n) is 12.0. The van der Waals surface area contributed by atoms with Gasteiger partial charge in [-0.05, 0) is 37.3 Å². The minimum Gasteiger partial charge on any atom is -0.311 e. The van der Waals surface area contributed by atoms with Gasteiger partial charge in [0.1, 0.15) is 0 Å². The summed E-state index contributed by atoms with van der Waals surface area (Å²) in [5.74, 6) is 2.06. The Balaban J connectivity index is 2.44. The van der Waals surface area contributed by atoms with Crippen LogP contribution in [-0.2, 0) is 0 Å². The summed E-state index contributed by atoms with van der Waals surface area (Å²) in [7, 11) is 0. The topological polar surface area (TPSA) is 15.3 Å². The second kappa shape index (κ2) is 8.39. The lowest BCUT2D eigenvalue weighted by atomic mass is 9.97. The van der Waals surface area contributed by atoms with E-state index in [-0.39, 0.29) is 0 Å². The number of hydrogen-bond acceptors (Lipinski definition) is 3. The molecule has 0 aromatic carbocycles. The SMILES string of the molecule is CCCC1CN(CCCSC)C(C(C)C)CN1. The fourth-order valence-electron chi connectivity index (χ4n) is 2.77. The smallest absolute Gasteiger partial charge is 0.0244 e. The molecule has 1 fully saturated rings. The minimum atomic E-state index is 0.726. The molecule has 0 radical (unpaired) electrons. The molecule has 1 aliphatic rings. The minimum absolute atomic E-state index is 0.726. The summed E-state index contributed by atoms with van der Waals surface area (Å²) >= 11 is 1.97. The molecule has 2 atom stereocenters. The summed E-state index contributed by atoms with van der Waals surface area (Å²) in [5.41, 5.74) is 0. The molecule has 2 nitrogen and oxygen atoms in total. The van der Waals surface area contributed by atoms with Crippen molar-refractivity contribution in [3.05, 3.63) is 0 Å². The Kier molecular flexibility index (Phi) is 7.56. The van der Waals surface area contributed by atoms with Gasteiger partial charge in [0.05, 0.1) is 0 Å². The van der Waals surface area contributed by atoms with Gasteiger partial charge in [-0.3, -0.25) is 4.90 Å². The maximum Gasteiger partial charge on any atom is 0.0244 e. The Morgan fingerprint density at radius 3 is 2.76 bits per heavy atom. The Morgan fingerprint density at radius 1 is 1.41 bits per heavy atom. The lowest BCUT2D eigenvalue weighted by Crippen LogP contribution is -2.58. The van der Waals surface area contributed by atoms with E-state index in [4.69, 9.17) is 0 Å². The Labute approximate surface area is 112 Å². The molecular weight excluding hydrogens is 228 g/mol. The molecule has 1 rings (SSSR count). The fraction of sp³-hybridized carbons (Fsp3) is 1.00. The van der Waals surface area contributed by atoms with Crippen molar-refractivity contribution in [3.63, 3.8) is 0 Å². The fourth-order valence-corrected chi connectivity index (χ4v) is 3.19. The van der Waals surface area contributed by atoms with Crippen molar-refractivity contribution < 1.29 is 0 Å². The van der Waals surface area contributed by atoms with Gasteiger partial charge in [0.15, 0.2) is 0 Å². The van der Waals surface area contributed by atoms with E-state index >= 15 is 0 Å². The molecule has 0 spiro atoms. The first kappa shape index (κ1) is 15.3. The summed E-state index contributed by atoms with van der Waals surface area (Å²) in [6, 6.07) is 1.47. The van der Waals surface area contributed by atoms with Crippen LogP contribution in [0.15, 0.2) is 0 Å². The highest BCUT2D eigenvalue weighted by Crippen LogP contribution is 2.17. The molecule has 0 aliphatic carbocycles. The van der Waals surface area contributed by atoms with E-state index in [2.05, 4.69) is 37.2 Å².